The molecule has 2 N–H and O–H groups in total. The molecule has 12 nitrogen and oxygen atoms in total. The Kier molecular flexibility index (Phi) is 11.0. The maximum Gasteiger partial charge on any atom is 0.475 e. The molecule has 0 unspecified atom stereocenters. The first-order chi connectivity index (χ1) is 21.7. The number of rotatable bonds is 14. The second-order valence-electron chi connectivity index (χ2n) is 10.9. The van der Waals surface area contributed by atoms with E-state index in [4.69, 9.17) is 32.5 Å². The summed E-state index contributed by atoms with van der Waals surface area (Å²) < 4.78 is 54.2. The van der Waals surface area contributed by atoms with Gasteiger partial charge >= 0.3 is 13.9 Å². The summed E-state index contributed by atoms with van der Waals surface area (Å²) in [5.41, 5.74) is 2.39. The van der Waals surface area contributed by atoms with Crippen LogP contribution in [0.15, 0.2) is 91.0 Å². The molecule has 2 amide bonds. The molecule has 3 aromatic rings. The van der Waals surface area contributed by atoms with Gasteiger partial charge in [-0.05, 0) is 30.5 Å². The quantitative estimate of drug-likeness (QED) is 0.236. The van der Waals surface area contributed by atoms with Crippen molar-refractivity contribution >= 4 is 19.8 Å². The zero-order chi connectivity index (χ0) is 31.7. The Bertz CT molecular complexity index is 1400. The minimum atomic E-state index is -4.09. The smallest absolute Gasteiger partial charge is 0.445 e. The van der Waals surface area contributed by atoms with Crippen LogP contribution >= 0.6 is 7.82 Å². The SMILES string of the molecule is CC1(C)O[C@@H]2[C@H](O1)[C@@H](COP(=O)(OCc1ccccc1)OCc1ccccc1)O[C@@H]2NC(=O)CNC(=O)OCc1ccccc1. The number of carbonyl (C=O) groups is 2. The minimum absolute atomic E-state index is 0.00338. The van der Waals surface area contributed by atoms with E-state index in [1.165, 1.54) is 0 Å². The first-order valence-corrected chi connectivity index (χ1v) is 16.0. The summed E-state index contributed by atoms with van der Waals surface area (Å²) in [5, 5.41) is 5.13. The molecular formula is C32H37N2O10P. The molecule has 2 fully saturated rings. The number of amides is 2. The predicted octanol–water partition coefficient (Wildman–Crippen LogP) is 4.83. The number of phosphoric acid groups is 1. The molecular weight excluding hydrogens is 603 g/mol. The second-order valence-corrected chi connectivity index (χ2v) is 12.6. The molecule has 5 rings (SSSR count). The fourth-order valence-corrected chi connectivity index (χ4v) is 5.97. The molecule has 13 heteroatoms. The summed E-state index contributed by atoms with van der Waals surface area (Å²) in [6.45, 7) is 2.95. The number of hydrogen-bond donors (Lipinski definition) is 2. The Hall–Kier alpha value is -3.61. The number of carbonyl (C=O) groups excluding carboxylic acids is 2. The molecule has 0 radical (unpaired) electrons. The molecule has 0 bridgehead atoms. The molecule has 0 aromatic heterocycles. The van der Waals surface area contributed by atoms with Crippen LogP contribution in [0, 0.1) is 0 Å². The summed E-state index contributed by atoms with van der Waals surface area (Å²) in [6.07, 6.45) is -3.83. The fraction of sp³-hybridized carbons (Fsp3) is 0.375. The number of alkyl carbamates (subject to hydrolysis) is 1. The van der Waals surface area contributed by atoms with E-state index in [9.17, 15) is 14.2 Å². The number of fused-ring (bicyclic) bond motifs is 1. The first kappa shape index (κ1) is 32.8. The normalized spacial score (nSPS) is 22.0. The third kappa shape index (κ3) is 9.69. The standard InChI is InChI=1S/C32H37N2O10P/c1-32(2)43-28-26(22-41-45(37,39-20-24-14-8-4-9-15-24)40-21-25-16-10-5-11-17-25)42-30(29(28)44-32)34-27(35)18-33-31(36)38-19-23-12-6-3-7-13-23/h3-17,26,28-30H,18-22H2,1-2H3,(H,33,36)(H,34,35)/t26-,28-,29-,30+/m1/s1. The van der Waals surface area contributed by atoms with Crippen molar-refractivity contribution in [1.29, 1.82) is 0 Å². The largest absolute Gasteiger partial charge is 0.475 e. The average molecular weight is 641 g/mol. The summed E-state index contributed by atoms with van der Waals surface area (Å²) in [6, 6.07) is 27.6. The molecule has 2 aliphatic heterocycles. The first-order valence-electron chi connectivity index (χ1n) is 14.5. The molecule has 45 heavy (non-hydrogen) atoms. The van der Waals surface area contributed by atoms with Gasteiger partial charge in [-0.25, -0.2) is 9.36 Å². The van der Waals surface area contributed by atoms with Crippen molar-refractivity contribution in [1.82, 2.24) is 10.6 Å². The van der Waals surface area contributed by atoms with E-state index in [0.717, 1.165) is 16.7 Å². The summed E-state index contributed by atoms with van der Waals surface area (Å²) in [4.78, 5) is 24.8. The van der Waals surface area contributed by atoms with Gasteiger partial charge in [0.1, 0.15) is 31.5 Å². The van der Waals surface area contributed by atoms with Crippen LogP contribution in [0.2, 0.25) is 0 Å². The lowest BCUT2D eigenvalue weighted by Crippen LogP contribution is -2.47. The molecule has 0 aliphatic carbocycles. The summed E-state index contributed by atoms with van der Waals surface area (Å²) in [5.74, 6) is -1.51. The highest BCUT2D eigenvalue weighted by atomic mass is 31.2. The number of nitrogens with one attached hydrogen (secondary N) is 2. The molecule has 2 saturated heterocycles. The number of ether oxygens (including phenoxy) is 4. The topological polar surface area (TPSA) is 140 Å². The fourth-order valence-electron chi connectivity index (χ4n) is 4.80. The van der Waals surface area contributed by atoms with E-state index >= 15 is 0 Å². The summed E-state index contributed by atoms with van der Waals surface area (Å²) in [7, 11) is -4.09. The van der Waals surface area contributed by atoms with Crippen molar-refractivity contribution < 1.29 is 46.7 Å². The van der Waals surface area contributed by atoms with Gasteiger partial charge in [0.15, 0.2) is 12.0 Å². The zero-order valence-corrected chi connectivity index (χ0v) is 25.9. The van der Waals surface area contributed by atoms with Gasteiger partial charge in [0.2, 0.25) is 5.91 Å². The number of benzene rings is 3. The van der Waals surface area contributed by atoms with Gasteiger partial charge in [-0.15, -0.1) is 0 Å². The highest BCUT2D eigenvalue weighted by Crippen LogP contribution is 2.52. The Morgan fingerprint density at radius 3 is 1.82 bits per heavy atom. The van der Waals surface area contributed by atoms with Crippen LogP contribution in [0.25, 0.3) is 0 Å². The average Bonchev–Trinajstić information content (AvgIpc) is 3.54. The lowest BCUT2D eigenvalue weighted by Gasteiger charge is -2.25. The minimum Gasteiger partial charge on any atom is -0.445 e. The Balaban J connectivity index is 1.17. The summed E-state index contributed by atoms with van der Waals surface area (Å²) >= 11 is 0. The molecule has 240 valence electrons. The molecule has 2 heterocycles. The Morgan fingerprint density at radius 2 is 1.27 bits per heavy atom. The van der Waals surface area contributed by atoms with Crippen molar-refractivity contribution in [2.75, 3.05) is 13.2 Å². The van der Waals surface area contributed by atoms with E-state index in [1.807, 2.05) is 91.0 Å². The van der Waals surface area contributed by atoms with Crippen molar-refractivity contribution in [2.24, 2.45) is 0 Å². The van der Waals surface area contributed by atoms with E-state index < -0.39 is 50.2 Å². The third-order valence-corrected chi connectivity index (χ3v) is 8.28. The van der Waals surface area contributed by atoms with Crippen LogP contribution in [-0.2, 0) is 61.7 Å². The lowest BCUT2D eigenvalue weighted by molar-refractivity contribution is -0.193. The Morgan fingerprint density at radius 1 is 0.756 bits per heavy atom. The van der Waals surface area contributed by atoms with Gasteiger partial charge in [0.25, 0.3) is 0 Å². The van der Waals surface area contributed by atoms with Gasteiger partial charge in [-0.2, -0.15) is 0 Å². The molecule has 4 atom stereocenters. The second kappa shape index (κ2) is 15.1. The molecule has 2 aliphatic rings. The van der Waals surface area contributed by atoms with Gasteiger partial charge in [0, 0.05) is 0 Å². The number of phosphoric ester groups is 1. The van der Waals surface area contributed by atoms with Crippen molar-refractivity contribution in [3.05, 3.63) is 108 Å². The van der Waals surface area contributed by atoms with Crippen molar-refractivity contribution in [3.8, 4) is 0 Å². The molecule has 0 spiro atoms. The Labute approximate surface area is 261 Å². The maximum absolute atomic E-state index is 13.8. The van der Waals surface area contributed by atoms with Gasteiger partial charge < -0.3 is 29.6 Å². The van der Waals surface area contributed by atoms with Crippen LogP contribution in [-0.4, -0.2) is 55.5 Å². The van der Waals surface area contributed by atoms with Crippen LogP contribution < -0.4 is 10.6 Å². The van der Waals surface area contributed by atoms with Gasteiger partial charge in [-0.1, -0.05) is 91.0 Å². The highest BCUT2D eigenvalue weighted by molar-refractivity contribution is 7.48. The predicted molar refractivity (Wildman–Crippen MR) is 161 cm³/mol. The highest BCUT2D eigenvalue weighted by Gasteiger charge is 2.56. The lowest BCUT2D eigenvalue weighted by atomic mass is 10.1. The monoisotopic (exact) mass is 640 g/mol. The van der Waals surface area contributed by atoms with Gasteiger partial charge in [-0.3, -0.25) is 18.4 Å². The van der Waals surface area contributed by atoms with Crippen molar-refractivity contribution in [2.45, 2.75) is 64.0 Å². The van der Waals surface area contributed by atoms with E-state index in [2.05, 4.69) is 10.6 Å². The maximum atomic E-state index is 13.8. The zero-order valence-electron chi connectivity index (χ0n) is 25.0. The van der Waals surface area contributed by atoms with Crippen LogP contribution in [0.1, 0.15) is 30.5 Å². The third-order valence-electron chi connectivity index (χ3n) is 6.92. The number of hydrogen-bond acceptors (Lipinski definition) is 10. The molecule has 0 saturated carbocycles. The van der Waals surface area contributed by atoms with Crippen LogP contribution in [0.5, 0.6) is 0 Å². The van der Waals surface area contributed by atoms with Crippen LogP contribution in [0.4, 0.5) is 4.79 Å². The molecule has 3 aromatic carbocycles. The van der Waals surface area contributed by atoms with Crippen molar-refractivity contribution in [3.63, 3.8) is 0 Å². The van der Waals surface area contributed by atoms with E-state index in [1.54, 1.807) is 13.8 Å². The van der Waals surface area contributed by atoms with E-state index in [0.29, 0.717) is 0 Å². The van der Waals surface area contributed by atoms with Gasteiger partial charge in [0.05, 0.1) is 19.8 Å². The van der Waals surface area contributed by atoms with Crippen LogP contribution in [0.3, 0.4) is 0 Å². The van der Waals surface area contributed by atoms with E-state index in [-0.39, 0.29) is 33.0 Å².